The summed E-state index contributed by atoms with van der Waals surface area (Å²) in [5.41, 5.74) is 7.65. The molecule has 9 heteroatoms. The fraction of sp³-hybridized carbons (Fsp3) is 0.316. The van der Waals surface area contributed by atoms with Crippen molar-refractivity contribution in [2.24, 2.45) is 0 Å². The van der Waals surface area contributed by atoms with E-state index in [1.807, 2.05) is 13.8 Å². The molecule has 28 heavy (non-hydrogen) atoms. The second kappa shape index (κ2) is 8.79. The predicted octanol–water partition coefficient (Wildman–Crippen LogP) is 2.68. The van der Waals surface area contributed by atoms with Gasteiger partial charge in [-0.15, -0.1) is 0 Å². The van der Waals surface area contributed by atoms with E-state index in [-0.39, 0.29) is 41.0 Å². The normalized spacial score (nSPS) is 10.5. The molecule has 0 saturated carbocycles. The number of nitrogens with two attached hydrogens (primary N) is 1. The molecule has 0 spiro atoms. The Morgan fingerprint density at radius 1 is 1.39 bits per heavy atom. The van der Waals surface area contributed by atoms with Crippen LogP contribution in [0.3, 0.4) is 0 Å². The number of hydrogen-bond acceptors (Lipinski definition) is 6. The number of methoxy groups -OCH3 is 1. The van der Waals surface area contributed by atoms with Crippen molar-refractivity contribution in [3.63, 3.8) is 0 Å². The largest absolute Gasteiger partial charge is 0.482 e. The zero-order valence-electron chi connectivity index (χ0n) is 16.2. The number of aromatic amines is 1. The highest BCUT2D eigenvalue weighted by molar-refractivity contribution is 6.31. The Morgan fingerprint density at radius 2 is 2.07 bits per heavy atom. The van der Waals surface area contributed by atoms with Gasteiger partial charge in [-0.25, -0.2) is 0 Å². The second-order valence-electron chi connectivity index (χ2n) is 6.22. The molecule has 1 amide bonds. The van der Waals surface area contributed by atoms with Crippen LogP contribution in [0.2, 0.25) is 5.02 Å². The molecule has 1 heterocycles. The number of nitrogen functional groups attached to an aromatic ring is 1. The third kappa shape index (κ3) is 4.28. The number of aromatic nitrogens is 1. The van der Waals surface area contributed by atoms with Crippen LogP contribution in [0.5, 0.6) is 5.88 Å². The van der Waals surface area contributed by atoms with Crippen LogP contribution in [0, 0.1) is 12.3 Å². The predicted molar refractivity (Wildman–Crippen MR) is 112 cm³/mol. The standard InChI is InChI=1S/C19H24ClN5O3/c1-5-23-14-7-11(20)6-12(9(14)2)18(27)24-8-13-17(26)15(22)16(10(3)21)25-19(13)28-4/h6-7,21,23H,5,8,22H2,1-4H3,(H,24,27)(H,25,26). The Bertz CT molecular complexity index is 985. The van der Waals surface area contributed by atoms with Gasteiger partial charge in [-0.2, -0.15) is 0 Å². The van der Waals surface area contributed by atoms with E-state index in [1.54, 1.807) is 12.1 Å². The van der Waals surface area contributed by atoms with Crippen molar-refractivity contribution in [3.8, 4) is 5.88 Å². The zero-order valence-corrected chi connectivity index (χ0v) is 17.0. The van der Waals surface area contributed by atoms with Crippen LogP contribution >= 0.6 is 11.6 Å². The summed E-state index contributed by atoms with van der Waals surface area (Å²) in [6, 6.07) is 3.33. The van der Waals surface area contributed by atoms with E-state index in [0.717, 1.165) is 11.3 Å². The monoisotopic (exact) mass is 405 g/mol. The molecule has 2 rings (SSSR count). The number of hydrogen-bond donors (Lipinski definition) is 5. The third-order valence-corrected chi connectivity index (χ3v) is 4.51. The van der Waals surface area contributed by atoms with Crippen molar-refractivity contribution in [2.45, 2.75) is 27.3 Å². The molecule has 0 saturated heterocycles. The van der Waals surface area contributed by atoms with Crippen LogP contribution in [-0.4, -0.2) is 30.3 Å². The van der Waals surface area contributed by atoms with E-state index in [0.29, 0.717) is 17.1 Å². The molecule has 0 unspecified atom stereocenters. The highest BCUT2D eigenvalue weighted by Gasteiger charge is 2.19. The number of carbonyl (C=O) groups excluding carboxylic acids is 1. The van der Waals surface area contributed by atoms with Gasteiger partial charge in [-0.3, -0.25) is 9.59 Å². The maximum absolute atomic E-state index is 12.7. The smallest absolute Gasteiger partial charge is 0.251 e. The molecule has 6 N–H and O–H groups in total. The first kappa shape index (κ1) is 21.3. The molecule has 150 valence electrons. The summed E-state index contributed by atoms with van der Waals surface area (Å²) in [6.07, 6.45) is 0. The average Bonchev–Trinajstić information content (AvgIpc) is 2.65. The zero-order chi connectivity index (χ0) is 21.0. The lowest BCUT2D eigenvalue weighted by molar-refractivity contribution is 0.0950. The summed E-state index contributed by atoms with van der Waals surface area (Å²) in [4.78, 5) is 28.1. The van der Waals surface area contributed by atoms with Crippen LogP contribution < -0.4 is 26.5 Å². The van der Waals surface area contributed by atoms with Gasteiger partial charge in [0.2, 0.25) is 5.43 Å². The first-order valence-electron chi connectivity index (χ1n) is 8.67. The Hall–Kier alpha value is -3.00. The second-order valence-corrected chi connectivity index (χ2v) is 6.65. The van der Waals surface area contributed by atoms with E-state index >= 15 is 0 Å². The molecule has 0 atom stereocenters. The number of pyridine rings is 1. The lowest BCUT2D eigenvalue weighted by Gasteiger charge is -2.15. The fourth-order valence-electron chi connectivity index (χ4n) is 2.82. The van der Waals surface area contributed by atoms with Gasteiger partial charge in [-0.1, -0.05) is 11.6 Å². The minimum atomic E-state index is -0.492. The highest BCUT2D eigenvalue weighted by Crippen LogP contribution is 2.25. The third-order valence-electron chi connectivity index (χ3n) is 4.29. The van der Waals surface area contributed by atoms with Gasteiger partial charge in [0.1, 0.15) is 5.69 Å². The van der Waals surface area contributed by atoms with Crippen molar-refractivity contribution in [1.29, 1.82) is 5.41 Å². The first-order chi connectivity index (χ1) is 13.2. The van der Waals surface area contributed by atoms with E-state index in [1.165, 1.54) is 14.0 Å². The molecular weight excluding hydrogens is 382 g/mol. The summed E-state index contributed by atoms with van der Waals surface area (Å²) in [7, 11) is 1.39. The average molecular weight is 406 g/mol. The molecule has 2 aromatic rings. The highest BCUT2D eigenvalue weighted by atomic mass is 35.5. The van der Waals surface area contributed by atoms with Gasteiger partial charge in [0.05, 0.1) is 30.6 Å². The van der Waals surface area contributed by atoms with E-state index < -0.39 is 5.43 Å². The van der Waals surface area contributed by atoms with E-state index in [2.05, 4.69) is 15.6 Å². The lowest BCUT2D eigenvalue weighted by atomic mass is 10.1. The van der Waals surface area contributed by atoms with Crippen molar-refractivity contribution in [1.82, 2.24) is 10.3 Å². The van der Waals surface area contributed by atoms with Crippen molar-refractivity contribution < 1.29 is 9.53 Å². The number of halogens is 1. The summed E-state index contributed by atoms with van der Waals surface area (Å²) in [5.74, 6) is -0.233. The van der Waals surface area contributed by atoms with E-state index in [4.69, 9.17) is 27.5 Å². The van der Waals surface area contributed by atoms with Crippen LogP contribution in [0.4, 0.5) is 11.4 Å². The minimum absolute atomic E-state index is 0.0917. The van der Waals surface area contributed by atoms with Crippen molar-refractivity contribution >= 4 is 34.6 Å². The topological polar surface area (TPSA) is 133 Å². The molecule has 0 fully saturated rings. The molecule has 1 aromatic carbocycles. The number of H-pyrrole nitrogens is 1. The molecule has 0 aliphatic rings. The van der Waals surface area contributed by atoms with Crippen molar-refractivity contribution in [3.05, 3.63) is 49.8 Å². The summed E-state index contributed by atoms with van der Waals surface area (Å²) >= 11 is 6.13. The molecule has 0 radical (unpaired) electrons. The van der Waals surface area contributed by atoms with Gasteiger partial charge in [0.15, 0.2) is 5.88 Å². The maximum Gasteiger partial charge on any atom is 0.251 e. The Morgan fingerprint density at radius 3 is 2.64 bits per heavy atom. The fourth-order valence-corrected chi connectivity index (χ4v) is 3.04. The van der Waals surface area contributed by atoms with Crippen molar-refractivity contribution in [2.75, 3.05) is 24.7 Å². The summed E-state index contributed by atoms with van der Waals surface area (Å²) < 4.78 is 5.21. The van der Waals surface area contributed by atoms with E-state index in [9.17, 15) is 9.59 Å². The van der Waals surface area contributed by atoms with Crippen LogP contribution in [0.25, 0.3) is 0 Å². The SMILES string of the molecule is CCNc1cc(Cl)cc(C(=O)NCc2c(OC)[nH]c(C(C)=N)c(N)c2=O)c1C. The number of rotatable bonds is 7. The molecular formula is C19H24ClN5O3. The number of ether oxygens (including phenoxy) is 1. The van der Waals surface area contributed by atoms with Crippen LogP contribution in [0.15, 0.2) is 16.9 Å². The summed E-state index contributed by atoms with van der Waals surface area (Å²) in [6.45, 7) is 5.86. The van der Waals surface area contributed by atoms with Gasteiger partial charge >= 0.3 is 0 Å². The number of anilines is 2. The quantitative estimate of drug-likeness (QED) is 0.451. The molecule has 8 nitrogen and oxygen atoms in total. The minimum Gasteiger partial charge on any atom is -0.482 e. The number of nitrogens with one attached hydrogen (secondary N) is 4. The summed E-state index contributed by atoms with van der Waals surface area (Å²) in [5, 5.41) is 14.0. The lowest BCUT2D eigenvalue weighted by Crippen LogP contribution is -2.29. The Kier molecular flexibility index (Phi) is 6.69. The number of carbonyl (C=O) groups is 1. The van der Waals surface area contributed by atoms with Gasteiger partial charge in [0.25, 0.3) is 5.91 Å². The maximum atomic E-state index is 12.7. The van der Waals surface area contributed by atoms with Crippen LogP contribution in [0.1, 0.15) is 41.0 Å². The van der Waals surface area contributed by atoms with Gasteiger partial charge < -0.3 is 31.5 Å². The van der Waals surface area contributed by atoms with Crippen LogP contribution in [-0.2, 0) is 6.54 Å². The molecule has 0 bridgehead atoms. The Labute approximate surface area is 167 Å². The number of benzene rings is 1. The molecule has 0 aliphatic carbocycles. The van der Waals surface area contributed by atoms with Gasteiger partial charge in [0, 0.05) is 22.8 Å². The molecule has 1 aromatic heterocycles. The molecule has 0 aliphatic heterocycles. The first-order valence-corrected chi connectivity index (χ1v) is 9.05. The number of amides is 1. The van der Waals surface area contributed by atoms with Gasteiger partial charge in [-0.05, 0) is 38.5 Å². The Balaban J connectivity index is 2.35.